The summed E-state index contributed by atoms with van der Waals surface area (Å²) >= 11 is 0. The Morgan fingerprint density at radius 2 is 1.90 bits per heavy atom. The number of aromatic nitrogens is 3. The van der Waals surface area contributed by atoms with Gasteiger partial charge in [-0.1, -0.05) is 0 Å². The molecule has 9 heteroatoms. The van der Waals surface area contributed by atoms with Gasteiger partial charge in [0.25, 0.3) is 0 Å². The van der Waals surface area contributed by atoms with Crippen molar-refractivity contribution in [2.45, 2.75) is 19.3 Å². The number of ether oxygens (including phenoxy) is 1. The largest absolute Gasteiger partial charge is 0.382 e. The number of anilines is 3. The molecule has 0 atom stereocenters. The maximum Gasteiger partial charge on any atom is 0.189 e. The Balaban J connectivity index is 1.32. The molecule has 3 saturated heterocycles. The minimum Gasteiger partial charge on any atom is -0.382 e. The number of ketones is 1. The van der Waals surface area contributed by atoms with Crippen LogP contribution in [0.4, 0.5) is 17.3 Å². The van der Waals surface area contributed by atoms with Crippen LogP contribution in [0, 0.1) is 5.41 Å². The van der Waals surface area contributed by atoms with Gasteiger partial charge in [0.15, 0.2) is 17.3 Å². The quantitative estimate of drug-likeness (QED) is 0.678. The van der Waals surface area contributed by atoms with Crippen molar-refractivity contribution in [1.82, 2.24) is 20.3 Å². The molecule has 0 aliphatic carbocycles. The van der Waals surface area contributed by atoms with Crippen molar-refractivity contribution in [2.75, 3.05) is 68.0 Å². The number of carbonyl (C=O) groups excluding carboxylic acids is 1. The monoisotopic (exact) mass is 423 g/mol. The number of morpholine rings is 1. The number of hydrogen-bond acceptors (Lipinski definition) is 9. The molecule has 2 aromatic rings. The van der Waals surface area contributed by atoms with Crippen molar-refractivity contribution in [3.8, 4) is 0 Å². The van der Waals surface area contributed by atoms with Gasteiger partial charge in [-0.2, -0.15) is 0 Å². The van der Waals surface area contributed by atoms with Crippen LogP contribution >= 0.6 is 0 Å². The highest BCUT2D eigenvalue weighted by atomic mass is 16.5. The second kappa shape index (κ2) is 8.39. The Morgan fingerprint density at radius 3 is 2.61 bits per heavy atom. The second-order valence-corrected chi connectivity index (χ2v) is 8.76. The summed E-state index contributed by atoms with van der Waals surface area (Å²) in [5, 5.41) is 3.39. The molecule has 0 saturated carbocycles. The fourth-order valence-electron chi connectivity index (χ4n) is 4.71. The van der Waals surface area contributed by atoms with Crippen LogP contribution < -0.4 is 20.9 Å². The fraction of sp³-hybridized carbons (Fsp3) is 0.545. The number of piperidine rings is 1. The molecule has 5 heterocycles. The van der Waals surface area contributed by atoms with E-state index in [1.165, 1.54) is 0 Å². The molecule has 164 valence electrons. The molecule has 31 heavy (non-hydrogen) atoms. The minimum absolute atomic E-state index is 0.133. The van der Waals surface area contributed by atoms with Gasteiger partial charge in [-0.25, -0.2) is 9.97 Å². The number of pyridine rings is 1. The Morgan fingerprint density at radius 1 is 1.13 bits per heavy atom. The van der Waals surface area contributed by atoms with Crippen molar-refractivity contribution in [3.63, 3.8) is 0 Å². The first-order chi connectivity index (χ1) is 15.1. The van der Waals surface area contributed by atoms with Crippen LogP contribution in [-0.2, 0) is 11.2 Å². The van der Waals surface area contributed by atoms with Gasteiger partial charge in [0, 0.05) is 69.3 Å². The van der Waals surface area contributed by atoms with E-state index in [2.05, 4.69) is 30.1 Å². The zero-order chi connectivity index (χ0) is 21.3. The summed E-state index contributed by atoms with van der Waals surface area (Å²) in [5.41, 5.74) is 8.66. The third-order valence-electron chi connectivity index (χ3n) is 6.78. The minimum atomic E-state index is -0.133. The summed E-state index contributed by atoms with van der Waals surface area (Å²) in [7, 11) is 0. The molecular weight excluding hydrogens is 394 g/mol. The topological polar surface area (TPSA) is 109 Å². The van der Waals surface area contributed by atoms with E-state index in [4.69, 9.17) is 10.5 Å². The van der Waals surface area contributed by atoms with E-state index < -0.39 is 0 Å². The zero-order valence-electron chi connectivity index (χ0n) is 17.7. The van der Waals surface area contributed by atoms with Crippen molar-refractivity contribution in [3.05, 3.63) is 35.9 Å². The number of hydrogen-bond donors (Lipinski definition) is 2. The standard InChI is InChI=1S/C22H29N7O2/c23-21-20(27-19(13-26-21)29-5-2-22(3-6-29)14-25-15-22)18(30)11-16-12-24-4-1-17(16)28-7-9-31-10-8-28/h1,4,12-13,25H,2-3,5-11,14-15H2,(H2,23,26). The lowest BCUT2D eigenvalue weighted by Gasteiger charge is -2.48. The number of nitrogens with one attached hydrogen (secondary N) is 1. The highest BCUT2D eigenvalue weighted by molar-refractivity contribution is 6.00. The molecule has 0 amide bonds. The Kier molecular flexibility index (Phi) is 5.45. The van der Waals surface area contributed by atoms with Crippen LogP contribution in [0.1, 0.15) is 28.9 Å². The maximum atomic E-state index is 13.2. The van der Waals surface area contributed by atoms with Gasteiger partial charge in [-0.15, -0.1) is 0 Å². The van der Waals surface area contributed by atoms with Crippen LogP contribution in [0.25, 0.3) is 0 Å². The van der Waals surface area contributed by atoms with Crippen LogP contribution in [-0.4, -0.2) is 73.2 Å². The molecule has 2 aromatic heterocycles. The molecule has 3 aliphatic rings. The third-order valence-corrected chi connectivity index (χ3v) is 6.78. The van der Waals surface area contributed by atoms with Gasteiger partial charge in [0.2, 0.25) is 0 Å². The van der Waals surface area contributed by atoms with Crippen LogP contribution in [0.5, 0.6) is 0 Å². The van der Waals surface area contributed by atoms with E-state index >= 15 is 0 Å². The summed E-state index contributed by atoms with van der Waals surface area (Å²) < 4.78 is 5.45. The van der Waals surface area contributed by atoms with Gasteiger partial charge in [-0.3, -0.25) is 9.78 Å². The highest BCUT2D eigenvalue weighted by Crippen LogP contribution is 2.36. The SMILES string of the molecule is Nc1ncc(N2CCC3(CC2)CNC3)nc1C(=O)Cc1cnccc1N1CCOCC1. The molecule has 0 bridgehead atoms. The molecule has 0 unspecified atom stereocenters. The predicted molar refractivity (Wildman–Crippen MR) is 118 cm³/mol. The fourth-order valence-corrected chi connectivity index (χ4v) is 4.71. The first-order valence-corrected chi connectivity index (χ1v) is 11.0. The lowest BCUT2D eigenvalue weighted by molar-refractivity contribution is 0.0988. The third kappa shape index (κ3) is 4.07. The highest BCUT2D eigenvalue weighted by Gasteiger charge is 2.40. The van der Waals surface area contributed by atoms with Crippen LogP contribution in [0.2, 0.25) is 0 Å². The Labute approximate surface area is 182 Å². The Bertz CT molecular complexity index is 947. The van der Waals surface area contributed by atoms with Crippen LogP contribution in [0.15, 0.2) is 24.7 Å². The average Bonchev–Trinajstić information content (AvgIpc) is 2.79. The van der Waals surface area contributed by atoms with Gasteiger partial charge in [-0.05, 0) is 24.3 Å². The summed E-state index contributed by atoms with van der Waals surface area (Å²) in [5.74, 6) is 0.785. The van der Waals surface area contributed by atoms with E-state index in [0.717, 1.165) is 69.2 Å². The Hall–Kier alpha value is -2.78. The molecule has 9 nitrogen and oxygen atoms in total. The molecule has 3 aliphatic heterocycles. The summed E-state index contributed by atoms with van der Waals surface area (Å²) in [4.78, 5) is 30.8. The van der Waals surface area contributed by atoms with Gasteiger partial charge in [0.1, 0.15) is 5.82 Å². The zero-order valence-corrected chi connectivity index (χ0v) is 17.7. The number of nitrogens with two attached hydrogens (primary N) is 1. The first kappa shape index (κ1) is 20.1. The van der Waals surface area contributed by atoms with E-state index in [-0.39, 0.29) is 23.7 Å². The van der Waals surface area contributed by atoms with Gasteiger partial charge >= 0.3 is 0 Å². The molecule has 0 aromatic carbocycles. The molecule has 3 fully saturated rings. The van der Waals surface area contributed by atoms with Crippen molar-refractivity contribution in [2.24, 2.45) is 5.41 Å². The van der Waals surface area contributed by atoms with Gasteiger partial charge in [0.05, 0.1) is 19.4 Å². The lowest BCUT2D eigenvalue weighted by atomic mass is 9.73. The van der Waals surface area contributed by atoms with E-state index in [9.17, 15) is 4.79 Å². The average molecular weight is 424 g/mol. The summed E-state index contributed by atoms with van der Waals surface area (Å²) in [6.07, 6.45) is 7.66. The van der Waals surface area contributed by atoms with E-state index in [1.54, 1.807) is 18.6 Å². The number of carbonyl (C=O) groups is 1. The molecule has 0 radical (unpaired) electrons. The smallest absolute Gasteiger partial charge is 0.189 e. The first-order valence-electron chi connectivity index (χ1n) is 11.0. The van der Waals surface area contributed by atoms with Crippen molar-refractivity contribution >= 4 is 23.1 Å². The number of nitrogens with zero attached hydrogens (tertiary/aromatic N) is 5. The van der Waals surface area contributed by atoms with Crippen molar-refractivity contribution < 1.29 is 9.53 Å². The molecular formula is C22H29N7O2. The lowest BCUT2D eigenvalue weighted by Crippen LogP contribution is -2.58. The predicted octanol–water partition coefficient (Wildman–Crippen LogP) is 0.906. The van der Waals surface area contributed by atoms with E-state index in [0.29, 0.717) is 18.6 Å². The summed E-state index contributed by atoms with van der Waals surface area (Å²) in [6, 6.07) is 1.96. The van der Waals surface area contributed by atoms with Gasteiger partial charge < -0.3 is 25.6 Å². The van der Waals surface area contributed by atoms with Crippen molar-refractivity contribution in [1.29, 1.82) is 0 Å². The number of nitrogen functional groups attached to an aromatic ring is 1. The number of Topliss-reactive ketones (excluding diaryl/α,β-unsaturated/α-hetero) is 1. The molecule has 1 spiro atoms. The second-order valence-electron chi connectivity index (χ2n) is 8.76. The maximum absolute atomic E-state index is 13.2. The van der Waals surface area contributed by atoms with E-state index in [1.807, 2.05) is 6.07 Å². The molecule has 3 N–H and O–H groups in total. The number of rotatable bonds is 5. The van der Waals surface area contributed by atoms with Crippen LogP contribution in [0.3, 0.4) is 0 Å². The molecule has 5 rings (SSSR count). The summed E-state index contributed by atoms with van der Waals surface area (Å²) in [6.45, 7) is 7.04. The normalized spacial score (nSPS) is 20.5.